The van der Waals surface area contributed by atoms with Gasteiger partial charge in [0.25, 0.3) is 11.6 Å². The van der Waals surface area contributed by atoms with Gasteiger partial charge in [-0.25, -0.2) is 0 Å². The second-order valence-electron chi connectivity index (χ2n) is 4.42. The standard InChI is InChI=1S/C13H18N4O4/c1-15-13(19)9-5-6-10(11(8-9)17(20)21)16-7-3-2-4-12(14)18/h5-6,8,16H,2-4,7H2,1H3,(H2,14,18)(H,15,19). The van der Waals surface area contributed by atoms with Crippen molar-refractivity contribution in [1.29, 1.82) is 0 Å². The molecule has 2 amide bonds. The molecule has 0 saturated heterocycles. The molecule has 4 N–H and O–H groups in total. The minimum atomic E-state index is -0.543. The number of carbonyl (C=O) groups excluding carboxylic acids is 2. The van der Waals surface area contributed by atoms with Gasteiger partial charge in [-0.1, -0.05) is 0 Å². The molecule has 0 fully saturated rings. The zero-order chi connectivity index (χ0) is 15.8. The monoisotopic (exact) mass is 294 g/mol. The van der Waals surface area contributed by atoms with Crippen LogP contribution in [-0.2, 0) is 4.79 Å². The quantitative estimate of drug-likeness (QED) is 0.375. The summed E-state index contributed by atoms with van der Waals surface area (Å²) >= 11 is 0. The second kappa shape index (κ2) is 7.83. The zero-order valence-corrected chi connectivity index (χ0v) is 11.7. The Morgan fingerprint density at radius 1 is 1.33 bits per heavy atom. The lowest BCUT2D eigenvalue weighted by molar-refractivity contribution is -0.384. The molecule has 1 rings (SSSR count). The van der Waals surface area contributed by atoms with Crippen LogP contribution < -0.4 is 16.4 Å². The maximum atomic E-state index is 11.5. The molecule has 21 heavy (non-hydrogen) atoms. The Labute approximate surface area is 121 Å². The maximum Gasteiger partial charge on any atom is 0.293 e. The van der Waals surface area contributed by atoms with Crippen LogP contribution in [0.3, 0.4) is 0 Å². The van der Waals surface area contributed by atoms with Crippen molar-refractivity contribution in [3.8, 4) is 0 Å². The lowest BCUT2D eigenvalue weighted by Crippen LogP contribution is -2.18. The molecule has 0 aliphatic rings. The van der Waals surface area contributed by atoms with E-state index in [9.17, 15) is 19.7 Å². The summed E-state index contributed by atoms with van der Waals surface area (Å²) in [6.07, 6.45) is 1.57. The number of hydrogen-bond acceptors (Lipinski definition) is 5. The van der Waals surface area contributed by atoms with Gasteiger partial charge in [0, 0.05) is 31.6 Å². The van der Waals surface area contributed by atoms with Gasteiger partial charge in [0.15, 0.2) is 0 Å². The van der Waals surface area contributed by atoms with E-state index >= 15 is 0 Å². The summed E-state index contributed by atoms with van der Waals surface area (Å²) in [6, 6.07) is 4.24. The first-order chi connectivity index (χ1) is 9.95. The number of nitrogens with two attached hydrogens (primary N) is 1. The minimum absolute atomic E-state index is 0.161. The van der Waals surface area contributed by atoms with E-state index in [0.717, 1.165) is 0 Å². The van der Waals surface area contributed by atoms with Crippen LogP contribution in [0, 0.1) is 10.1 Å². The Bertz CT molecular complexity index is 545. The molecule has 0 aliphatic heterocycles. The number of primary amides is 1. The van der Waals surface area contributed by atoms with Crippen LogP contribution in [0.4, 0.5) is 11.4 Å². The number of nitro benzene ring substituents is 1. The van der Waals surface area contributed by atoms with Crippen molar-refractivity contribution in [3.05, 3.63) is 33.9 Å². The molecular formula is C13H18N4O4. The molecule has 1 aromatic carbocycles. The summed E-state index contributed by atoms with van der Waals surface area (Å²) < 4.78 is 0. The van der Waals surface area contributed by atoms with Crippen molar-refractivity contribution >= 4 is 23.2 Å². The SMILES string of the molecule is CNC(=O)c1ccc(NCCCCC(N)=O)c([N+](=O)[O-])c1. The first kappa shape index (κ1) is 16.4. The number of nitrogens with zero attached hydrogens (tertiary/aromatic N) is 1. The number of nitro groups is 1. The topological polar surface area (TPSA) is 127 Å². The molecule has 0 aliphatic carbocycles. The van der Waals surface area contributed by atoms with E-state index in [4.69, 9.17) is 5.73 Å². The Morgan fingerprint density at radius 2 is 2.05 bits per heavy atom. The third-order valence-electron chi connectivity index (χ3n) is 2.85. The van der Waals surface area contributed by atoms with Crippen molar-refractivity contribution < 1.29 is 14.5 Å². The number of unbranched alkanes of at least 4 members (excludes halogenated alkanes) is 1. The van der Waals surface area contributed by atoms with Gasteiger partial charge in [0.2, 0.25) is 5.91 Å². The van der Waals surface area contributed by atoms with Crippen molar-refractivity contribution in [3.63, 3.8) is 0 Å². The van der Waals surface area contributed by atoms with E-state index in [1.165, 1.54) is 25.2 Å². The molecule has 0 spiro atoms. The number of hydrogen-bond donors (Lipinski definition) is 3. The van der Waals surface area contributed by atoms with Crippen LogP contribution in [0.2, 0.25) is 0 Å². The first-order valence-electron chi connectivity index (χ1n) is 6.48. The Morgan fingerprint density at radius 3 is 2.62 bits per heavy atom. The molecule has 0 atom stereocenters. The van der Waals surface area contributed by atoms with E-state index in [2.05, 4.69) is 10.6 Å². The number of rotatable bonds is 8. The number of nitrogens with one attached hydrogen (secondary N) is 2. The zero-order valence-electron chi connectivity index (χ0n) is 11.7. The number of anilines is 1. The molecule has 8 heteroatoms. The minimum Gasteiger partial charge on any atom is -0.379 e. The summed E-state index contributed by atoms with van der Waals surface area (Å²) in [5.41, 5.74) is 5.43. The second-order valence-corrected chi connectivity index (χ2v) is 4.42. The fourth-order valence-electron chi connectivity index (χ4n) is 1.77. The van der Waals surface area contributed by atoms with Crippen molar-refractivity contribution in [2.24, 2.45) is 5.73 Å². The number of carbonyl (C=O) groups is 2. The molecule has 0 unspecified atom stereocenters. The molecular weight excluding hydrogens is 276 g/mol. The lowest BCUT2D eigenvalue weighted by Gasteiger charge is -2.08. The number of amides is 2. The van der Waals surface area contributed by atoms with Gasteiger partial charge in [0.1, 0.15) is 5.69 Å². The third-order valence-corrected chi connectivity index (χ3v) is 2.85. The van der Waals surface area contributed by atoms with Crippen LogP contribution in [0.5, 0.6) is 0 Å². The van der Waals surface area contributed by atoms with Crippen LogP contribution in [0.1, 0.15) is 29.6 Å². The van der Waals surface area contributed by atoms with Gasteiger partial charge in [-0.3, -0.25) is 19.7 Å². The van der Waals surface area contributed by atoms with Crippen LogP contribution in [0.25, 0.3) is 0 Å². The Balaban J connectivity index is 2.71. The van der Waals surface area contributed by atoms with E-state index in [1.54, 1.807) is 0 Å². The highest BCUT2D eigenvalue weighted by Crippen LogP contribution is 2.25. The normalized spacial score (nSPS) is 9.95. The molecule has 0 aromatic heterocycles. The predicted octanol–water partition coefficient (Wildman–Crippen LogP) is 1.02. The van der Waals surface area contributed by atoms with Gasteiger partial charge in [0.05, 0.1) is 4.92 Å². The molecule has 0 bridgehead atoms. The molecule has 1 aromatic rings. The highest BCUT2D eigenvalue weighted by molar-refractivity contribution is 5.95. The van der Waals surface area contributed by atoms with E-state index in [0.29, 0.717) is 31.5 Å². The Kier molecular flexibility index (Phi) is 6.12. The molecule has 0 radical (unpaired) electrons. The van der Waals surface area contributed by atoms with Crippen molar-refractivity contribution in [2.75, 3.05) is 18.9 Å². The largest absolute Gasteiger partial charge is 0.379 e. The van der Waals surface area contributed by atoms with Crippen molar-refractivity contribution in [2.45, 2.75) is 19.3 Å². The number of benzene rings is 1. The Hall–Kier alpha value is -2.64. The van der Waals surface area contributed by atoms with E-state index in [-0.39, 0.29) is 23.1 Å². The van der Waals surface area contributed by atoms with Gasteiger partial charge in [-0.2, -0.15) is 0 Å². The predicted molar refractivity (Wildman–Crippen MR) is 78.0 cm³/mol. The van der Waals surface area contributed by atoms with Gasteiger partial charge in [-0.05, 0) is 25.0 Å². The van der Waals surface area contributed by atoms with Gasteiger partial charge in [-0.15, -0.1) is 0 Å². The summed E-state index contributed by atoms with van der Waals surface area (Å²) in [6.45, 7) is 0.480. The average Bonchev–Trinajstić information content (AvgIpc) is 2.45. The molecule has 0 saturated carbocycles. The summed E-state index contributed by atoms with van der Waals surface area (Å²) in [7, 11) is 1.46. The van der Waals surface area contributed by atoms with Gasteiger partial charge >= 0.3 is 0 Å². The first-order valence-corrected chi connectivity index (χ1v) is 6.48. The van der Waals surface area contributed by atoms with Crippen LogP contribution in [0.15, 0.2) is 18.2 Å². The highest BCUT2D eigenvalue weighted by atomic mass is 16.6. The fourth-order valence-corrected chi connectivity index (χ4v) is 1.77. The summed E-state index contributed by atoms with van der Waals surface area (Å²) in [5, 5.41) is 16.4. The van der Waals surface area contributed by atoms with Crippen LogP contribution >= 0.6 is 0 Å². The summed E-state index contributed by atoms with van der Waals surface area (Å²) in [5.74, 6) is -0.748. The molecule has 0 heterocycles. The van der Waals surface area contributed by atoms with E-state index in [1.807, 2.05) is 0 Å². The molecule has 114 valence electrons. The maximum absolute atomic E-state index is 11.5. The summed E-state index contributed by atoms with van der Waals surface area (Å²) in [4.78, 5) is 32.5. The third kappa shape index (κ3) is 5.09. The highest BCUT2D eigenvalue weighted by Gasteiger charge is 2.16. The van der Waals surface area contributed by atoms with Gasteiger partial charge < -0.3 is 16.4 Å². The fraction of sp³-hybridized carbons (Fsp3) is 0.385. The van der Waals surface area contributed by atoms with Crippen molar-refractivity contribution in [1.82, 2.24) is 5.32 Å². The lowest BCUT2D eigenvalue weighted by atomic mass is 10.1. The smallest absolute Gasteiger partial charge is 0.293 e. The molecule has 8 nitrogen and oxygen atoms in total. The van der Waals surface area contributed by atoms with Crippen LogP contribution in [-0.4, -0.2) is 30.3 Å². The van der Waals surface area contributed by atoms with E-state index < -0.39 is 4.92 Å². The average molecular weight is 294 g/mol.